The van der Waals surface area contributed by atoms with Gasteiger partial charge in [0.15, 0.2) is 0 Å². The van der Waals surface area contributed by atoms with Crippen LogP contribution in [0, 0.1) is 12.7 Å². The van der Waals surface area contributed by atoms with Gasteiger partial charge in [-0.3, -0.25) is 0 Å². The fourth-order valence-electron chi connectivity index (χ4n) is 3.61. The Labute approximate surface area is 148 Å². The van der Waals surface area contributed by atoms with E-state index in [1.54, 1.807) is 0 Å². The summed E-state index contributed by atoms with van der Waals surface area (Å²) < 4.78 is 18.6. The molecule has 1 aliphatic heterocycles. The second-order valence-electron chi connectivity index (χ2n) is 6.46. The van der Waals surface area contributed by atoms with Crippen LogP contribution < -0.4 is 4.90 Å². The van der Waals surface area contributed by atoms with Crippen LogP contribution in [0.4, 0.5) is 10.2 Å². The molecule has 0 aliphatic carbocycles. The smallest absolute Gasteiger partial charge is 0.263 e. The van der Waals surface area contributed by atoms with E-state index in [-0.39, 0.29) is 5.82 Å². The van der Waals surface area contributed by atoms with Crippen LogP contribution in [0.2, 0.25) is 0 Å². The zero-order chi connectivity index (χ0) is 17.7. The Hall–Kier alpha value is -3.22. The van der Waals surface area contributed by atoms with Crippen LogP contribution in [0.25, 0.3) is 27.6 Å². The average molecular weight is 349 g/mol. The maximum atomic E-state index is 13.4. The summed E-state index contributed by atoms with van der Waals surface area (Å²) in [7, 11) is 0. The third-order valence-electron chi connectivity index (χ3n) is 4.92. The van der Waals surface area contributed by atoms with E-state index in [2.05, 4.69) is 31.1 Å². The van der Waals surface area contributed by atoms with Crippen molar-refractivity contribution < 1.29 is 8.91 Å². The van der Waals surface area contributed by atoms with Crippen molar-refractivity contribution in [3.63, 3.8) is 0 Å². The molecule has 5 rings (SSSR count). The Kier molecular flexibility index (Phi) is 3.28. The fourth-order valence-corrected chi connectivity index (χ4v) is 3.61. The number of aromatic nitrogens is 4. The van der Waals surface area contributed by atoms with Crippen LogP contribution in [0.15, 0.2) is 41.3 Å². The van der Waals surface area contributed by atoms with Crippen LogP contribution in [-0.2, 0) is 0 Å². The van der Waals surface area contributed by atoms with Gasteiger partial charge in [-0.1, -0.05) is 11.2 Å². The summed E-state index contributed by atoms with van der Waals surface area (Å²) in [5, 5.41) is 5.91. The highest BCUT2D eigenvalue weighted by Crippen LogP contribution is 2.32. The lowest BCUT2D eigenvalue weighted by Crippen LogP contribution is -2.29. The summed E-state index contributed by atoms with van der Waals surface area (Å²) in [5.41, 5.74) is 4.52. The van der Waals surface area contributed by atoms with E-state index in [0.29, 0.717) is 5.71 Å². The molecule has 130 valence electrons. The summed E-state index contributed by atoms with van der Waals surface area (Å²) in [6.45, 7) is 3.46. The highest BCUT2D eigenvalue weighted by Gasteiger charge is 2.21. The summed E-state index contributed by atoms with van der Waals surface area (Å²) in [5.74, 6) is 0.622. The van der Waals surface area contributed by atoms with Crippen LogP contribution >= 0.6 is 0 Å². The molecule has 0 atom stereocenters. The minimum Gasteiger partial charge on any atom is -0.360 e. The zero-order valence-electron chi connectivity index (χ0n) is 14.2. The molecule has 0 fully saturated rings. The van der Waals surface area contributed by atoms with Gasteiger partial charge in [0.1, 0.15) is 23.3 Å². The van der Waals surface area contributed by atoms with Gasteiger partial charge in [0.05, 0.1) is 5.69 Å². The summed E-state index contributed by atoms with van der Waals surface area (Å²) in [6, 6.07) is 4.86. The first-order chi connectivity index (χ1) is 12.7. The molecule has 6 nitrogen and oxygen atoms in total. The molecular formula is C19H16FN5O. The Balaban J connectivity index is 1.49. The largest absolute Gasteiger partial charge is 0.360 e. The Morgan fingerprint density at radius 1 is 1.27 bits per heavy atom. The van der Waals surface area contributed by atoms with Crippen molar-refractivity contribution >= 4 is 33.4 Å². The van der Waals surface area contributed by atoms with Gasteiger partial charge in [-0.15, -0.1) is 0 Å². The molecule has 0 radical (unpaired) electrons. The summed E-state index contributed by atoms with van der Waals surface area (Å²) in [4.78, 5) is 13.9. The molecule has 0 saturated heterocycles. The molecule has 26 heavy (non-hydrogen) atoms. The number of fused-ring (bicyclic) bond motifs is 2. The molecule has 0 spiro atoms. The molecule has 1 aromatic carbocycles. The number of aromatic amines is 1. The first-order valence-electron chi connectivity index (χ1n) is 8.48. The van der Waals surface area contributed by atoms with Crippen molar-refractivity contribution in [3.05, 3.63) is 53.9 Å². The van der Waals surface area contributed by atoms with Crippen molar-refractivity contribution in [1.82, 2.24) is 20.1 Å². The number of anilines is 1. The van der Waals surface area contributed by atoms with Crippen molar-refractivity contribution in [2.75, 3.05) is 18.0 Å². The third kappa shape index (κ3) is 2.28. The van der Waals surface area contributed by atoms with Crippen molar-refractivity contribution in [2.45, 2.75) is 13.3 Å². The van der Waals surface area contributed by atoms with Crippen molar-refractivity contribution in [3.8, 4) is 0 Å². The van der Waals surface area contributed by atoms with E-state index >= 15 is 0 Å². The van der Waals surface area contributed by atoms with E-state index in [9.17, 15) is 4.39 Å². The van der Waals surface area contributed by atoms with E-state index in [1.165, 1.54) is 24.0 Å². The lowest BCUT2D eigenvalue weighted by Gasteiger charge is -2.27. The van der Waals surface area contributed by atoms with Crippen LogP contribution in [0.5, 0.6) is 0 Å². The van der Waals surface area contributed by atoms with E-state index in [4.69, 9.17) is 4.52 Å². The molecule has 0 amide bonds. The quantitative estimate of drug-likeness (QED) is 0.595. The average Bonchev–Trinajstić information content (AvgIpc) is 3.25. The van der Waals surface area contributed by atoms with Crippen LogP contribution in [0.1, 0.15) is 17.7 Å². The van der Waals surface area contributed by atoms with Crippen molar-refractivity contribution in [2.24, 2.45) is 0 Å². The molecule has 0 bridgehead atoms. The van der Waals surface area contributed by atoms with Gasteiger partial charge >= 0.3 is 0 Å². The number of aryl methyl sites for hydroxylation is 1. The topological polar surface area (TPSA) is 70.8 Å². The van der Waals surface area contributed by atoms with Gasteiger partial charge in [0.25, 0.3) is 5.71 Å². The highest BCUT2D eigenvalue weighted by molar-refractivity contribution is 5.93. The molecule has 7 heteroatoms. The molecule has 0 saturated carbocycles. The Morgan fingerprint density at radius 3 is 3.04 bits per heavy atom. The van der Waals surface area contributed by atoms with Crippen molar-refractivity contribution in [1.29, 1.82) is 0 Å². The number of H-pyrrole nitrogens is 1. The molecule has 1 aliphatic rings. The summed E-state index contributed by atoms with van der Waals surface area (Å²) >= 11 is 0. The number of hydrogen-bond acceptors (Lipinski definition) is 5. The minimum atomic E-state index is -0.230. The van der Waals surface area contributed by atoms with Crippen LogP contribution in [0.3, 0.4) is 0 Å². The van der Waals surface area contributed by atoms with Gasteiger partial charge in [-0.2, -0.15) is 4.98 Å². The van der Waals surface area contributed by atoms with Gasteiger partial charge in [0, 0.05) is 35.8 Å². The number of nitrogens with zero attached hydrogens (tertiary/aromatic N) is 4. The molecule has 4 heterocycles. The predicted octanol–water partition coefficient (Wildman–Crippen LogP) is 3.84. The third-order valence-corrected chi connectivity index (χ3v) is 4.92. The molecular weight excluding hydrogens is 333 g/mol. The number of halogens is 1. The SMILES string of the molecule is Cc1noc2ncnc(N3CC=C(c4c[nH]c5cc(F)ccc45)CC3)c12. The maximum Gasteiger partial charge on any atom is 0.263 e. The standard InChI is InChI=1S/C19H16FN5O/c1-11-17-18(22-10-23-19(17)26-24-11)25-6-4-12(5-7-25)15-9-21-16-8-13(20)2-3-14(15)16/h2-4,8-10,21H,5-7H2,1H3. The predicted molar refractivity (Wildman–Crippen MR) is 97.4 cm³/mol. The number of benzene rings is 1. The monoisotopic (exact) mass is 349 g/mol. The molecule has 0 unspecified atom stereocenters. The van der Waals surface area contributed by atoms with Gasteiger partial charge < -0.3 is 14.4 Å². The van der Waals surface area contributed by atoms with E-state index in [0.717, 1.165) is 52.9 Å². The van der Waals surface area contributed by atoms with Crippen LogP contribution in [-0.4, -0.2) is 33.2 Å². The normalized spacial score (nSPS) is 15.0. The lowest BCUT2D eigenvalue weighted by atomic mass is 9.99. The summed E-state index contributed by atoms with van der Waals surface area (Å²) in [6.07, 6.45) is 6.54. The van der Waals surface area contributed by atoms with E-state index in [1.807, 2.05) is 19.2 Å². The Morgan fingerprint density at radius 2 is 2.19 bits per heavy atom. The second kappa shape index (κ2) is 5.66. The highest BCUT2D eigenvalue weighted by atomic mass is 19.1. The number of nitrogens with one attached hydrogen (secondary N) is 1. The maximum absolute atomic E-state index is 13.4. The van der Waals surface area contributed by atoms with Gasteiger partial charge in [-0.05, 0) is 37.1 Å². The first kappa shape index (κ1) is 15.1. The zero-order valence-corrected chi connectivity index (χ0v) is 14.2. The molecule has 3 aromatic heterocycles. The lowest BCUT2D eigenvalue weighted by molar-refractivity contribution is 0.442. The van der Waals surface area contributed by atoms with Gasteiger partial charge in [-0.25, -0.2) is 9.37 Å². The first-order valence-corrected chi connectivity index (χ1v) is 8.48. The number of rotatable bonds is 2. The van der Waals surface area contributed by atoms with E-state index < -0.39 is 0 Å². The van der Waals surface area contributed by atoms with Gasteiger partial charge in [0.2, 0.25) is 0 Å². The Bertz CT molecular complexity index is 1160. The molecule has 4 aromatic rings. The second-order valence-corrected chi connectivity index (χ2v) is 6.46. The number of hydrogen-bond donors (Lipinski definition) is 1. The molecule has 1 N–H and O–H groups in total. The minimum absolute atomic E-state index is 0.230. The fraction of sp³-hybridized carbons (Fsp3) is 0.211.